The number of pyridine rings is 2. The Labute approximate surface area is 260 Å². The van der Waals surface area contributed by atoms with Gasteiger partial charge in [-0.25, -0.2) is 18.7 Å². The Kier molecular flexibility index (Phi) is 8.45. The Bertz CT molecular complexity index is 1740. The van der Waals surface area contributed by atoms with Gasteiger partial charge in [0.1, 0.15) is 12.4 Å². The van der Waals surface area contributed by atoms with Crippen molar-refractivity contribution in [2.45, 2.75) is 57.3 Å². The molecule has 14 heteroatoms. The molecule has 0 spiro atoms. The highest BCUT2D eigenvalue weighted by Gasteiger charge is 2.44. The standard InChI is InChI=1S/C31H27ClF5N7O/c32-22-2-1-19(24(34)12-22)16-45-28-23(33)3-4-25(40-28)18-5-9-44(10-6-18)15-26-20(13-30(17-38)7-8-30)11-21(14-39-26)27-41-29(43-42-27)31(35,36)37/h1-4,11-12,14,18H,5-10,13,15-16H2,(H,41,42,43). The molecule has 234 valence electrons. The first-order chi connectivity index (χ1) is 21.5. The molecular weight excluding hydrogens is 617 g/mol. The van der Waals surface area contributed by atoms with Gasteiger partial charge in [0.15, 0.2) is 11.6 Å². The van der Waals surface area contributed by atoms with Crippen molar-refractivity contribution in [3.63, 3.8) is 0 Å². The van der Waals surface area contributed by atoms with E-state index < -0.39 is 29.1 Å². The lowest BCUT2D eigenvalue weighted by atomic mass is 9.92. The van der Waals surface area contributed by atoms with Gasteiger partial charge in [-0.15, -0.1) is 0 Å². The smallest absolute Gasteiger partial charge is 0.451 e. The van der Waals surface area contributed by atoms with Gasteiger partial charge in [-0.2, -0.15) is 23.5 Å². The summed E-state index contributed by atoms with van der Waals surface area (Å²) < 4.78 is 73.3. The molecule has 45 heavy (non-hydrogen) atoms. The summed E-state index contributed by atoms with van der Waals surface area (Å²) in [6.07, 6.45) is 0.218. The molecular formula is C31H27ClF5N7O. The number of aromatic amines is 1. The van der Waals surface area contributed by atoms with Crippen LogP contribution in [0.2, 0.25) is 5.02 Å². The third-order valence-corrected chi connectivity index (χ3v) is 8.52. The zero-order chi connectivity index (χ0) is 31.8. The van der Waals surface area contributed by atoms with Gasteiger partial charge in [-0.1, -0.05) is 17.7 Å². The van der Waals surface area contributed by atoms with Crippen LogP contribution in [0.4, 0.5) is 22.0 Å². The molecule has 1 N–H and O–H groups in total. The minimum absolute atomic E-state index is 0.0492. The van der Waals surface area contributed by atoms with Crippen LogP contribution in [0.1, 0.15) is 59.9 Å². The van der Waals surface area contributed by atoms with Crippen molar-refractivity contribution in [1.82, 2.24) is 30.0 Å². The topological polar surface area (TPSA) is 104 Å². The molecule has 2 fully saturated rings. The fourth-order valence-corrected chi connectivity index (χ4v) is 5.63. The van der Waals surface area contributed by atoms with Gasteiger partial charge in [0, 0.05) is 40.5 Å². The fraction of sp³-hybridized carbons (Fsp3) is 0.387. The number of hydrogen-bond donors (Lipinski definition) is 1. The Morgan fingerprint density at radius 2 is 1.82 bits per heavy atom. The molecule has 0 unspecified atom stereocenters. The summed E-state index contributed by atoms with van der Waals surface area (Å²) in [6.45, 7) is 1.68. The van der Waals surface area contributed by atoms with E-state index in [2.05, 4.69) is 31.0 Å². The maximum Gasteiger partial charge on any atom is 0.451 e. The quantitative estimate of drug-likeness (QED) is 0.196. The SMILES string of the molecule is N#CC1(Cc2cc(-c3n[nH]c(C(F)(F)F)n3)cnc2CN2CCC(c3ccc(F)c(OCc4ccc(Cl)cc4F)n3)CC2)CC1. The zero-order valence-electron chi connectivity index (χ0n) is 23.8. The first-order valence-electron chi connectivity index (χ1n) is 14.4. The molecule has 3 aromatic heterocycles. The van der Waals surface area contributed by atoms with Crippen LogP contribution >= 0.6 is 11.6 Å². The third-order valence-electron chi connectivity index (χ3n) is 8.29. The Morgan fingerprint density at radius 3 is 2.49 bits per heavy atom. The Hall–Kier alpha value is -4.15. The molecule has 4 heterocycles. The number of H-pyrrole nitrogens is 1. The number of benzene rings is 1. The average Bonchev–Trinajstić information content (AvgIpc) is 3.59. The normalized spacial score (nSPS) is 16.8. The monoisotopic (exact) mass is 643 g/mol. The molecule has 4 aromatic rings. The summed E-state index contributed by atoms with van der Waals surface area (Å²) in [4.78, 5) is 14.8. The summed E-state index contributed by atoms with van der Waals surface area (Å²) >= 11 is 5.80. The second-order valence-electron chi connectivity index (χ2n) is 11.5. The van der Waals surface area contributed by atoms with Crippen LogP contribution in [0.3, 0.4) is 0 Å². The molecule has 1 aromatic carbocycles. The van der Waals surface area contributed by atoms with Gasteiger partial charge in [0.2, 0.25) is 5.82 Å². The lowest BCUT2D eigenvalue weighted by Crippen LogP contribution is -2.33. The second-order valence-corrected chi connectivity index (χ2v) is 11.9. The number of nitriles is 1. The van der Waals surface area contributed by atoms with Crippen molar-refractivity contribution in [2.24, 2.45) is 5.41 Å². The summed E-state index contributed by atoms with van der Waals surface area (Å²) in [7, 11) is 0. The maximum absolute atomic E-state index is 14.5. The predicted molar refractivity (Wildman–Crippen MR) is 153 cm³/mol. The number of aromatic nitrogens is 5. The van der Waals surface area contributed by atoms with E-state index in [1.165, 1.54) is 24.4 Å². The zero-order valence-corrected chi connectivity index (χ0v) is 24.6. The second kappa shape index (κ2) is 12.3. The number of halogens is 6. The minimum atomic E-state index is -4.65. The van der Waals surface area contributed by atoms with E-state index in [1.54, 1.807) is 12.1 Å². The van der Waals surface area contributed by atoms with Crippen molar-refractivity contribution < 1.29 is 26.7 Å². The van der Waals surface area contributed by atoms with E-state index in [9.17, 15) is 27.2 Å². The number of nitrogens with one attached hydrogen (secondary N) is 1. The van der Waals surface area contributed by atoms with Crippen LogP contribution in [0.5, 0.6) is 5.88 Å². The highest BCUT2D eigenvalue weighted by molar-refractivity contribution is 6.30. The number of alkyl halides is 3. The van der Waals surface area contributed by atoms with Crippen LogP contribution in [0.25, 0.3) is 11.4 Å². The number of hydrogen-bond acceptors (Lipinski definition) is 7. The maximum atomic E-state index is 14.5. The molecule has 0 bridgehead atoms. The number of rotatable bonds is 9. The predicted octanol–water partition coefficient (Wildman–Crippen LogP) is 7.02. The summed E-state index contributed by atoms with van der Waals surface area (Å²) in [5.74, 6) is -2.64. The molecule has 6 rings (SSSR count). The molecule has 0 amide bonds. The molecule has 1 aliphatic heterocycles. The Balaban J connectivity index is 1.12. The van der Waals surface area contributed by atoms with E-state index in [1.807, 2.05) is 5.10 Å². The fourth-order valence-electron chi connectivity index (χ4n) is 5.47. The molecule has 8 nitrogen and oxygen atoms in total. The number of ether oxygens (including phenoxy) is 1. The summed E-state index contributed by atoms with van der Waals surface area (Å²) in [5.41, 5.74) is 2.29. The van der Waals surface area contributed by atoms with E-state index in [4.69, 9.17) is 16.3 Å². The van der Waals surface area contributed by atoms with Crippen molar-refractivity contribution >= 4 is 11.6 Å². The molecule has 0 atom stereocenters. The van der Waals surface area contributed by atoms with Gasteiger partial charge in [-0.05, 0) is 81.1 Å². The van der Waals surface area contributed by atoms with Crippen LogP contribution in [0.15, 0.2) is 42.6 Å². The van der Waals surface area contributed by atoms with Crippen molar-refractivity contribution in [3.05, 3.63) is 87.6 Å². The number of nitrogens with zero attached hydrogens (tertiary/aromatic N) is 6. The van der Waals surface area contributed by atoms with Gasteiger partial charge in [0.25, 0.3) is 5.88 Å². The minimum Gasteiger partial charge on any atom is -0.471 e. The molecule has 1 saturated carbocycles. The van der Waals surface area contributed by atoms with E-state index in [0.29, 0.717) is 37.3 Å². The van der Waals surface area contributed by atoms with E-state index in [-0.39, 0.29) is 34.8 Å². The van der Waals surface area contributed by atoms with Crippen molar-refractivity contribution in [1.29, 1.82) is 5.26 Å². The van der Waals surface area contributed by atoms with Gasteiger partial charge in [-0.3, -0.25) is 15.0 Å². The largest absolute Gasteiger partial charge is 0.471 e. The molecule has 1 aliphatic carbocycles. The molecule has 0 radical (unpaired) electrons. The van der Waals surface area contributed by atoms with Crippen molar-refractivity contribution in [2.75, 3.05) is 13.1 Å². The first-order valence-corrected chi connectivity index (χ1v) is 14.7. The highest BCUT2D eigenvalue weighted by atomic mass is 35.5. The summed E-state index contributed by atoms with van der Waals surface area (Å²) in [5, 5.41) is 15.6. The van der Waals surface area contributed by atoms with Crippen LogP contribution in [0, 0.1) is 28.4 Å². The van der Waals surface area contributed by atoms with Gasteiger partial charge < -0.3 is 4.74 Å². The van der Waals surface area contributed by atoms with E-state index in [0.717, 1.165) is 43.0 Å². The van der Waals surface area contributed by atoms with Crippen LogP contribution < -0.4 is 4.74 Å². The molecule has 2 aliphatic rings. The van der Waals surface area contributed by atoms with E-state index >= 15 is 0 Å². The van der Waals surface area contributed by atoms with Gasteiger partial charge >= 0.3 is 6.18 Å². The Morgan fingerprint density at radius 1 is 1.04 bits per heavy atom. The lowest BCUT2D eigenvalue weighted by molar-refractivity contribution is -0.144. The first kappa shape index (κ1) is 30.9. The third kappa shape index (κ3) is 7.07. The van der Waals surface area contributed by atoms with Gasteiger partial charge in [0.05, 0.1) is 17.2 Å². The van der Waals surface area contributed by atoms with Crippen LogP contribution in [-0.4, -0.2) is 43.1 Å². The molecule has 1 saturated heterocycles. The average molecular weight is 644 g/mol. The highest BCUT2D eigenvalue weighted by Crippen LogP contribution is 2.48. The van der Waals surface area contributed by atoms with Crippen LogP contribution in [-0.2, 0) is 25.7 Å². The lowest BCUT2D eigenvalue weighted by Gasteiger charge is -2.32. The summed E-state index contributed by atoms with van der Waals surface area (Å²) in [6, 6.07) is 11.2. The number of piperidine rings is 1. The number of likely N-dealkylation sites (tertiary alicyclic amines) is 1. The van der Waals surface area contributed by atoms with Crippen molar-refractivity contribution in [3.8, 4) is 23.3 Å².